The van der Waals surface area contributed by atoms with Crippen molar-refractivity contribution in [1.82, 2.24) is 20.3 Å². The summed E-state index contributed by atoms with van der Waals surface area (Å²) in [5.41, 5.74) is 2.27. The smallest absolute Gasteiger partial charge is 0.362 e. The van der Waals surface area contributed by atoms with Crippen molar-refractivity contribution in [2.75, 3.05) is 6.54 Å². The molecule has 3 atom stereocenters. The number of carbonyl (C=O) groups is 1. The maximum absolute atomic E-state index is 12.4. The molecule has 5 rings (SSSR count). The molecule has 0 amide bonds. The van der Waals surface area contributed by atoms with Crippen LogP contribution in [0.15, 0.2) is 63.9 Å². The second-order valence-corrected chi connectivity index (χ2v) is 8.25. The number of aromatic hydroxyl groups is 1. The summed E-state index contributed by atoms with van der Waals surface area (Å²) in [5.74, 6) is -0.411. The molecule has 0 spiro atoms. The van der Waals surface area contributed by atoms with Crippen molar-refractivity contribution < 1.29 is 24.2 Å². The average Bonchev–Trinajstić information content (AvgIpc) is 3.42. The molecule has 2 aromatic heterocycles. The molecule has 174 valence electrons. The Bertz CT molecular complexity index is 1410. The van der Waals surface area contributed by atoms with E-state index in [0.29, 0.717) is 24.0 Å². The third-order valence-corrected chi connectivity index (χ3v) is 5.81. The van der Waals surface area contributed by atoms with Crippen LogP contribution in [0.3, 0.4) is 0 Å². The molecule has 0 aliphatic carbocycles. The van der Waals surface area contributed by atoms with Crippen LogP contribution in [0.5, 0.6) is 5.75 Å². The molecular weight excluding hydrogens is 440 g/mol. The number of carbonyl (C=O) groups excluding carboxylic acids is 1. The van der Waals surface area contributed by atoms with Gasteiger partial charge in [-0.15, -0.1) is 5.10 Å². The number of β-amino-alcohol motifs (C(OH)–C–C–N with tert-alkyl or cyclic N) is 1. The summed E-state index contributed by atoms with van der Waals surface area (Å²) in [6.45, 7) is 1.70. The molecular formula is C24H22N4O6. The molecule has 1 aliphatic rings. The minimum atomic E-state index is -0.735. The first-order valence-corrected chi connectivity index (χ1v) is 10.7. The fourth-order valence-corrected chi connectivity index (χ4v) is 4.14. The van der Waals surface area contributed by atoms with Crippen molar-refractivity contribution in [3.05, 3.63) is 70.7 Å². The maximum atomic E-state index is 12.4. The monoisotopic (exact) mass is 462 g/mol. The van der Waals surface area contributed by atoms with Crippen LogP contribution in [0.25, 0.3) is 27.9 Å². The zero-order chi connectivity index (χ0) is 23.8. The van der Waals surface area contributed by atoms with Gasteiger partial charge in [0.15, 0.2) is 5.69 Å². The van der Waals surface area contributed by atoms with Gasteiger partial charge in [0.1, 0.15) is 29.2 Å². The lowest BCUT2D eigenvalue weighted by Crippen LogP contribution is -2.38. The molecule has 0 bridgehead atoms. The fourth-order valence-electron chi connectivity index (χ4n) is 4.14. The number of aliphatic hydroxyl groups is 1. The summed E-state index contributed by atoms with van der Waals surface area (Å²) >= 11 is 0. The standard InChI is InChI=1S/C24H22N4O6/c1-13(29)33-23-18(25-11-21(23)31)8-14-2-4-15(5-3-14)19-12-28(27-26-19)20-9-16-6-7-17(30)10-22(16)34-24(20)32/h2-7,9-10,12,18,21,23,25,30-31H,8,11H2,1H3/t18-,21+,23+/m1/s1. The Hall–Kier alpha value is -4.02. The van der Waals surface area contributed by atoms with Crippen molar-refractivity contribution in [2.24, 2.45) is 0 Å². The van der Waals surface area contributed by atoms with E-state index in [2.05, 4.69) is 15.6 Å². The fraction of sp³-hybridized carbons (Fsp3) is 0.250. The van der Waals surface area contributed by atoms with Crippen molar-refractivity contribution >= 4 is 16.9 Å². The molecule has 0 unspecified atom stereocenters. The molecule has 4 aromatic rings. The number of fused-ring (bicyclic) bond motifs is 1. The molecule has 10 nitrogen and oxygen atoms in total. The number of benzene rings is 2. The Morgan fingerprint density at radius 2 is 2.03 bits per heavy atom. The highest BCUT2D eigenvalue weighted by Crippen LogP contribution is 2.23. The number of aliphatic hydroxyl groups excluding tert-OH is 1. The quantitative estimate of drug-likeness (QED) is 0.298. The highest BCUT2D eigenvalue weighted by Gasteiger charge is 2.37. The number of aromatic nitrogens is 3. The normalized spacial score (nSPS) is 20.0. The third kappa shape index (κ3) is 4.28. The highest BCUT2D eigenvalue weighted by molar-refractivity contribution is 5.79. The number of phenolic OH excluding ortho intramolecular Hbond substituents is 1. The molecule has 34 heavy (non-hydrogen) atoms. The molecule has 1 saturated heterocycles. The first-order chi connectivity index (χ1) is 16.4. The number of nitrogens with zero attached hydrogens (tertiary/aromatic N) is 3. The highest BCUT2D eigenvalue weighted by atomic mass is 16.6. The molecule has 1 aliphatic heterocycles. The van der Waals surface area contributed by atoms with E-state index < -0.39 is 23.8 Å². The second-order valence-electron chi connectivity index (χ2n) is 8.25. The largest absolute Gasteiger partial charge is 0.508 e. The number of esters is 1. The van der Waals surface area contributed by atoms with Crippen LogP contribution in [-0.4, -0.2) is 56.0 Å². The van der Waals surface area contributed by atoms with Crippen LogP contribution in [0.1, 0.15) is 12.5 Å². The van der Waals surface area contributed by atoms with Gasteiger partial charge in [-0.1, -0.05) is 29.5 Å². The van der Waals surface area contributed by atoms with Gasteiger partial charge in [-0.2, -0.15) is 0 Å². The average molecular weight is 462 g/mol. The van der Waals surface area contributed by atoms with Crippen molar-refractivity contribution in [3.8, 4) is 22.7 Å². The molecule has 3 heterocycles. The van der Waals surface area contributed by atoms with E-state index in [1.54, 1.807) is 18.3 Å². The van der Waals surface area contributed by atoms with Crippen LogP contribution >= 0.6 is 0 Å². The summed E-state index contributed by atoms with van der Waals surface area (Å²) in [4.78, 5) is 23.8. The van der Waals surface area contributed by atoms with Crippen molar-refractivity contribution in [2.45, 2.75) is 31.6 Å². The number of nitrogens with one attached hydrogen (secondary N) is 1. The Morgan fingerprint density at radius 3 is 2.79 bits per heavy atom. The number of ether oxygens (including phenoxy) is 1. The lowest BCUT2D eigenvalue weighted by atomic mass is 10.00. The van der Waals surface area contributed by atoms with Gasteiger partial charge in [0.25, 0.3) is 0 Å². The summed E-state index contributed by atoms with van der Waals surface area (Å²) in [7, 11) is 0. The van der Waals surface area contributed by atoms with Crippen LogP contribution < -0.4 is 10.9 Å². The van der Waals surface area contributed by atoms with E-state index >= 15 is 0 Å². The van der Waals surface area contributed by atoms with Crippen LogP contribution in [0.2, 0.25) is 0 Å². The van der Waals surface area contributed by atoms with E-state index in [4.69, 9.17) is 9.15 Å². The van der Waals surface area contributed by atoms with Gasteiger partial charge in [-0.3, -0.25) is 4.79 Å². The van der Waals surface area contributed by atoms with Gasteiger partial charge in [0.05, 0.1) is 12.2 Å². The Balaban J connectivity index is 1.34. The van der Waals surface area contributed by atoms with Crippen molar-refractivity contribution in [3.63, 3.8) is 0 Å². The van der Waals surface area contributed by atoms with E-state index in [1.165, 1.54) is 23.7 Å². The molecule has 2 aromatic carbocycles. The van der Waals surface area contributed by atoms with E-state index in [9.17, 15) is 19.8 Å². The van der Waals surface area contributed by atoms with Gasteiger partial charge >= 0.3 is 11.6 Å². The second kappa shape index (κ2) is 8.73. The molecule has 0 saturated carbocycles. The van der Waals surface area contributed by atoms with Crippen LogP contribution in [0.4, 0.5) is 0 Å². The maximum Gasteiger partial charge on any atom is 0.362 e. The number of hydrogen-bond acceptors (Lipinski definition) is 9. The van der Waals surface area contributed by atoms with Gasteiger partial charge in [0, 0.05) is 30.5 Å². The SMILES string of the molecule is CC(=O)O[C@@H]1[C@@H](O)CN[C@@H]1Cc1ccc(-c2cn(-c3cc4ccc(O)cc4oc3=O)nn2)cc1. The van der Waals surface area contributed by atoms with Crippen molar-refractivity contribution in [1.29, 1.82) is 0 Å². The van der Waals surface area contributed by atoms with E-state index in [-0.39, 0.29) is 23.1 Å². The molecule has 0 radical (unpaired) electrons. The molecule has 3 N–H and O–H groups in total. The van der Waals surface area contributed by atoms with Crippen LogP contribution in [-0.2, 0) is 16.0 Å². The summed E-state index contributed by atoms with van der Waals surface area (Å²) in [6, 6.07) is 13.6. The predicted molar refractivity (Wildman–Crippen MR) is 122 cm³/mol. The first kappa shape index (κ1) is 21.8. The van der Waals surface area contributed by atoms with E-state index in [1.807, 2.05) is 24.3 Å². The Kier molecular flexibility index (Phi) is 5.60. The summed E-state index contributed by atoms with van der Waals surface area (Å²) in [6.07, 6.45) is 0.894. The Morgan fingerprint density at radius 1 is 1.24 bits per heavy atom. The van der Waals surface area contributed by atoms with Gasteiger partial charge in [-0.25, -0.2) is 9.48 Å². The summed E-state index contributed by atoms with van der Waals surface area (Å²) in [5, 5.41) is 31.7. The summed E-state index contributed by atoms with van der Waals surface area (Å²) < 4.78 is 11.9. The predicted octanol–water partition coefficient (Wildman–Crippen LogP) is 1.55. The zero-order valence-corrected chi connectivity index (χ0v) is 18.2. The van der Waals surface area contributed by atoms with Gasteiger partial charge in [-0.05, 0) is 30.2 Å². The van der Waals surface area contributed by atoms with Gasteiger partial charge < -0.3 is 24.7 Å². The number of hydrogen-bond donors (Lipinski definition) is 3. The van der Waals surface area contributed by atoms with Gasteiger partial charge in [0.2, 0.25) is 0 Å². The molecule has 10 heteroatoms. The lowest BCUT2D eigenvalue weighted by Gasteiger charge is -2.21. The van der Waals surface area contributed by atoms with E-state index in [0.717, 1.165) is 11.1 Å². The number of phenols is 1. The lowest BCUT2D eigenvalue weighted by molar-refractivity contribution is -0.151. The minimum Gasteiger partial charge on any atom is -0.508 e. The number of rotatable bonds is 5. The topological polar surface area (TPSA) is 140 Å². The third-order valence-electron chi connectivity index (χ3n) is 5.81. The zero-order valence-electron chi connectivity index (χ0n) is 18.2. The first-order valence-electron chi connectivity index (χ1n) is 10.7. The minimum absolute atomic E-state index is 0.0108. The Labute approximate surface area is 193 Å². The molecule has 1 fully saturated rings. The van der Waals surface area contributed by atoms with Crippen LogP contribution in [0, 0.1) is 0 Å².